The maximum absolute atomic E-state index is 4.65. The number of nitrogens with one attached hydrogen (secondary N) is 1. The molecule has 0 spiro atoms. The Morgan fingerprint density at radius 2 is 2.00 bits per heavy atom. The molecule has 82 valence electrons. The predicted octanol–water partition coefficient (Wildman–Crippen LogP) is 3.77. The molecule has 0 saturated heterocycles. The molecule has 2 rings (SSSR count). The predicted molar refractivity (Wildman–Crippen MR) is 68.6 cm³/mol. The van der Waals surface area contributed by atoms with Gasteiger partial charge < -0.3 is 4.98 Å². The summed E-state index contributed by atoms with van der Waals surface area (Å²) in [5.74, 6) is 0. The number of H-pyrrole nitrogens is 1. The molecular weight excluding hydrogens is 196 g/mol. The average Bonchev–Trinajstić information content (AvgIpc) is 2.76. The van der Waals surface area contributed by atoms with Crippen LogP contribution in [0.2, 0.25) is 0 Å². The molecule has 1 aromatic carbocycles. The summed E-state index contributed by atoms with van der Waals surface area (Å²) in [6, 6.07) is 10.3. The van der Waals surface area contributed by atoms with Gasteiger partial charge in [0.1, 0.15) is 0 Å². The van der Waals surface area contributed by atoms with Crippen molar-refractivity contribution in [3.05, 3.63) is 53.3 Å². The summed E-state index contributed by atoms with van der Waals surface area (Å²) in [6.45, 7) is 6.19. The van der Waals surface area contributed by atoms with Crippen molar-refractivity contribution in [1.82, 2.24) is 4.98 Å². The number of hydrogen-bond acceptors (Lipinski definition) is 1. The molecular formula is C14H16N2. The van der Waals surface area contributed by atoms with E-state index in [9.17, 15) is 0 Å². The molecule has 2 aromatic rings. The zero-order chi connectivity index (χ0) is 11.5. The van der Waals surface area contributed by atoms with E-state index in [0.717, 1.165) is 17.1 Å². The summed E-state index contributed by atoms with van der Waals surface area (Å²) < 4.78 is 0. The highest BCUT2D eigenvalue weighted by atomic mass is 14.8. The molecule has 2 heteroatoms. The van der Waals surface area contributed by atoms with Gasteiger partial charge in [0.2, 0.25) is 0 Å². The molecule has 0 saturated carbocycles. The molecule has 2 nitrogen and oxygen atoms in total. The molecule has 0 aliphatic heterocycles. The van der Waals surface area contributed by atoms with E-state index in [1.54, 1.807) is 0 Å². The maximum Gasteiger partial charge on any atom is 0.0665 e. The highest BCUT2D eigenvalue weighted by Crippen LogP contribution is 2.20. The summed E-state index contributed by atoms with van der Waals surface area (Å²) in [4.78, 5) is 7.81. The first kappa shape index (κ1) is 10.7. The normalized spacial score (nSPS) is 11.8. The third-order valence-electron chi connectivity index (χ3n) is 2.64. The van der Waals surface area contributed by atoms with E-state index in [2.05, 4.69) is 42.0 Å². The van der Waals surface area contributed by atoms with Gasteiger partial charge in [0, 0.05) is 6.20 Å². The Morgan fingerprint density at radius 3 is 2.69 bits per heavy atom. The topological polar surface area (TPSA) is 28.1 Å². The Morgan fingerprint density at radius 1 is 1.19 bits per heavy atom. The van der Waals surface area contributed by atoms with Crippen LogP contribution in [-0.2, 0) is 0 Å². The standard InChI is InChI=1S/C14H16N2/c1-10-6-7-11(2)14(9-10)16-12(3)13-5-4-8-15-13/h4-9,15H,1-3H3. The lowest BCUT2D eigenvalue weighted by Crippen LogP contribution is -1.94. The third-order valence-corrected chi connectivity index (χ3v) is 2.64. The van der Waals surface area contributed by atoms with Crippen LogP contribution in [0.4, 0.5) is 5.69 Å². The largest absolute Gasteiger partial charge is 0.360 e. The maximum atomic E-state index is 4.65. The second-order valence-electron chi connectivity index (χ2n) is 4.07. The van der Waals surface area contributed by atoms with Crippen LogP contribution < -0.4 is 0 Å². The minimum Gasteiger partial charge on any atom is -0.360 e. The van der Waals surface area contributed by atoms with Gasteiger partial charge >= 0.3 is 0 Å². The molecule has 16 heavy (non-hydrogen) atoms. The van der Waals surface area contributed by atoms with E-state index >= 15 is 0 Å². The lowest BCUT2D eigenvalue weighted by Gasteiger charge is -2.03. The van der Waals surface area contributed by atoms with Crippen molar-refractivity contribution in [2.45, 2.75) is 20.8 Å². The fourth-order valence-electron chi connectivity index (χ4n) is 1.64. The van der Waals surface area contributed by atoms with Crippen LogP contribution in [-0.4, -0.2) is 10.7 Å². The molecule has 1 heterocycles. The summed E-state index contributed by atoms with van der Waals surface area (Å²) in [5, 5.41) is 0. The molecule has 0 amide bonds. The van der Waals surface area contributed by atoms with E-state index in [4.69, 9.17) is 0 Å². The number of aromatic amines is 1. The first-order valence-corrected chi connectivity index (χ1v) is 5.43. The van der Waals surface area contributed by atoms with Gasteiger partial charge in [-0.15, -0.1) is 0 Å². The monoisotopic (exact) mass is 212 g/mol. The molecule has 0 bridgehead atoms. The average molecular weight is 212 g/mol. The number of hydrogen-bond donors (Lipinski definition) is 1. The lowest BCUT2D eigenvalue weighted by molar-refractivity contribution is 1.31. The fourth-order valence-corrected chi connectivity index (χ4v) is 1.64. The minimum absolute atomic E-state index is 1.01. The molecule has 0 atom stereocenters. The molecule has 0 aliphatic carbocycles. The van der Waals surface area contributed by atoms with Gasteiger partial charge in [0.05, 0.1) is 17.1 Å². The van der Waals surface area contributed by atoms with E-state index < -0.39 is 0 Å². The summed E-state index contributed by atoms with van der Waals surface area (Å²) in [5.41, 5.74) is 5.58. The van der Waals surface area contributed by atoms with E-state index in [0.29, 0.717) is 0 Å². The molecule has 1 N–H and O–H groups in total. The van der Waals surface area contributed by atoms with Crippen LogP contribution in [0.1, 0.15) is 23.7 Å². The van der Waals surface area contributed by atoms with Crippen LogP contribution in [0, 0.1) is 13.8 Å². The zero-order valence-electron chi connectivity index (χ0n) is 9.91. The molecule has 1 aromatic heterocycles. The highest BCUT2D eigenvalue weighted by Gasteiger charge is 2.00. The highest BCUT2D eigenvalue weighted by molar-refractivity contribution is 5.98. The summed E-state index contributed by atoms with van der Waals surface area (Å²) >= 11 is 0. The van der Waals surface area contributed by atoms with Crippen LogP contribution in [0.5, 0.6) is 0 Å². The van der Waals surface area contributed by atoms with Gasteiger partial charge in [-0.1, -0.05) is 12.1 Å². The van der Waals surface area contributed by atoms with E-state index in [1.165, 1.54) is 11.1 Å². The Bertz CT molecular complexity index is 508. The van der Waals surface area contributed by atoms with Crippen molar-refractivity contribution in [1.29, 1.82) is 0 Å². The number of nitrogens with zero attached hydrogens (tertiary/aromatic N) is 1. The van der Waals surface area contributed by atoms with Crippen molar-refractivity contribution >= 4 is 11.4 Å². The van der Waals surface area contributed by atoms with Crippen LogP contribution >= 0.6 is 0 Å². The quantitative estimate of drug-likeness (QED) is 0.734. The van der Waals surface area contributed by atoms with Gasteiger partial charge in [0.25, 0.3) is 0 Å². The number of rotatable bonds is 2. The number of aromatic nitrogens is 1. The van der Waals surface area contributed by atoms with Gasteiger partial charge in [-0.2, -0.15) is 0 Å². The SMILES string of the molecule is CC(=Nc1cc(C)ccc1C)c1ccc[nH]1. The lowest BCUT2D eigenvalue weighted by atomic mass is 10.1. The van der Waals surface area contributed by atoms with Crippen molar-refractivity contribution in [2.75, 3.05) is 0 Å². The van der Waals surface area contributed by atoms with Crippen molar-refractivity contribution in [2.24, 2.45) is 4.99 Å². The van der Waals surface area contributed by atoms with Crippen LogP contribution in [0.15, 0.2) is 41.5 Å². The number of aliphatic imine (C=N–C) groups is 1. The summed E-state index contributed by atoms with van der Waals surface area (Å²) in [6.07, 6.45) is 1.91. The Labute approximate surface area is 96.1 Å². The summed E-state index contributed by atoms with van der Waals surface area (Å²) in [7, 11) is 0. The van der Waals surface area contributed by atoms with Gasteiger partial charge in [-0.3, -0.25) is 4.99 Å². The molecule has 0 unspecified atom stereocenters. The van der Waals surface area contributed by atoms with Crippen LogP contribution in [0.25, 0.3) is 0 Å². The van der Waals surface area contributed by atoms with Crippen LogP contribution in [0.3, 0.4) is 0 Å². The van der Waals surface area contributed by atoms with Gasteiger partial charge in [-0.05, 0) is 50.1 Å². The smallest absolute Gasteiger partial charge is 0.0665 e. The number of benzene rings is 1. The molecule has 0 fully saturated rings. The molecule has 0 radical (unpaired) electrons. The second-order valence-corrected chi connectivity index (χ2v) is 4.07. The van der Waals surface area contributed by atoms with E-state index in [1.807, 2.05) is 25.3 Å². The van der Waals surface area contributed by atoms with Crippen molar-refractivity contribution < 1.29 is 0 Å². The second kappa shape index (κ2) is 4.35. The number of aryl methyl sites for hydroxylation is 2. The van der Waals surface area contributed by atoms with Crippen molar-refractivity contribution in [3.63, 3.8) is 0 Å². The Balaban J connectivity index is 2.39. The minimum atomic E-state index is 1.01. The fraction of sp³-hybridized carbons (Fsp3) is 0.214. The Kier molecular flexibility index (Phi) is 2.91. The zero-order valence-corrected chi connectivity index (χ0v) is 9.91. The first-order valence-electron chi connectivity index (χ1n) is 5.43. The third kappa shape index (κ3) is 2.22. The van der Waals surface area contributed by atoms with Gasteiger partial charge in [-0.25, -0.2) is 0 Å². The Hall–Kier alpha value is -1.83. The molecule has 0 aliphatic rings. The first-order chi connectivity index (χ1) is 7.66. The van der Waals surface area contributed by atoms with E-state index in [-0.39, 0.29) is 0 Å². The van der Waals surface area contributed by atoms with Gasteiger partial charge in [0.15, 0.2) is 0 Å². The van der Waals surface area contributed by atoms with Crippen molar-refractivity contribution in [3.8, 4) is 0 Å².